The zero-order valence-electron chi connectivity index (χ0n) is 17.3. The molecule has 2 N–H and O–H groups in total. The van der Waals surface area contributed by atoms with Gasteiger partial charge in [0.05, 0.1) is 4.87 Å². The number of aromatic amines is 1. The van der Waals surface area contributed by atoms with Gasteiger partial charge in [-0.05, 0) is 45.0 Å². The fourth-order valence-electron chi connectivity index (χ4n) is 3.76. The average molecular weight is 420 g/mol. The van der Waals surface area contributed by atoms with E-state index in [1.54, 1.807) is 22.9 Å². The minimum atomic E-state index is -0.522. The molecule has 2 heterocycles. The van der Waals surface area contributed by atoms with Crippen LogP contribution in [0.15, 0.2) is 60.9 Å². The molecular weight excluding hydrogens is 394 g/mol. The lowest BCUT2D eigenvalue weighted by atomic mass is 10.1. The molecule has 0 spiro atoms. The van der Waals surface area contributed by atoms with Crippen molar-refractivity contribution in [3.05, 3.63) is 77.6 Å². The van der Waals surface area contributed by atoms with Gasteiger partial charge >= 0.3 is 0 Å². The minimum Gasteiger partial charge on any atom is -0.361 e. The molecule has 1 aromatic heterocycles. The maximum atomic E-state index is 13.2. The highest BCUT2D eigenvalue weighted by Gasteiger charge is 2.46. The van der Waals surface area contributed by atoms with E-state index >= 15 is 0 Å². The number of aryl methyl sites for hydroxylation is 1. The van der Waals surface area contributed by atoms with Crippen LogP contribution < -0.4 is 5.32 Å². The van der Waals surface area contributed by atoms with Gasteiger partial charge in [0.1, 0.15) is 6.04 Å². The number of rotatable bonds is 4. The van der Waals surface area contributed by atoms with Crippen molar-refractivity contribution in [3.8, 4) is 0 Å². The number of nitrogens with zero attached hydrogens (tertiary/aromatic N) is 1. The van der Waals surface area contributed by atoms with Crippen LogP contribution in [0.4, 0.5) is 0 Å². The van der Waals surface area contributed by atoms with Crippen molar-refractivity contribution in [1.29, 1.82) is 0 Å². The summed E-state index contributed by atoms with van der Waals surface area (Å²) in [5, 5.41) is 3.96. The topological polar surface area (TPSA) is 65.2 Å². The Morgan fingerprint density at radius 3 is 2.67 bits per heavy atom. The fourth-order valence-corrected chi connectivity index (χ4v) is 4.97. The van der Waals surface area contributed by atoms with Crippen LogP contribution in [-0.4, -0.2) is 38.4 Å². The van der Waals surface area contributed by atoms with Crippen LogP contribution in [0.25, 0.3) is 17.0 Å². The van der Waals surface area contributed by atoms with E-state index in [0.717, 1.165) is 22.0 Å². The third-order valence-electron chi connectivity index (χ3n) is 5.42. The molecule has 2 amide bonds. The summed E-state index contributed by atoms with van der Waals surface area (Å²) in [5.74, 6) is 0.271. The SMILES string of the molecule is Cc1ccc(C(=O)N2C(C(=O)NC=Cc3c[nH]c4ccccc34)CSC2(C)C)cc1. The van der Waals surface area contributed by atoms with Gasteiger partial charge in [0, 0.05) is 40.2 Å². The van der Waals surface area contributed by atoms with Crippen LogP contribution >= 0.6 is 11.8 Å². The first-order chi connectivity index (χ1) is 14.4. The highest BCUT2D eigenvalue weighted by atomic mass is 32.2. The number of benzene rings is 2. The smallest absolute Gasteiger partial charge is 0.255 e. The Morgan fingerprint density at radius 1 is 1.17 bits per heavy atom. The van der Waals surface area contributed by atoms with Crippen molar-refractivity contribution >= 4 is 40.6 Å². The molecule has 3 aromatic rings. The number of hydrogen-bond acceptors (Lipinski definition) is 3. The Labute approximate surface area is 180 Å². The molecule has 6 heteroatoms. The molecule has 1 unspecified atom stereocenters. The summed E-state index contributed by atoms with van der Waals surface area (Å²) in [7, 11) is 0. The maximum absolute atomic E-state index is 13.2. The second kappa shape index (κ2) is 8.03. The zero-order valence-corrected chi connectivity index (χ0v) is 18.1. The number of hydrogen-bond donors (Lipinski definition) is 2. The Hall–Kier alpha value is -2.99. The Balaban J connectivity index is 1.50. The van der Waals surface area contributed by atoms with Gasteiger partial charge < -0.3 is 15.2 Å². The molecule has 30 heavy (non-hydrogen) atoms. The molecule has 5 nitrogen and oxygen atoms in total. The summed E-state index contributed by atoms with van der Waals surface area (Å²) in [4.78, 5) is 30.6. The normalized spacial score (nSPS) is 18.2. The number of carbonyl (C=O) groups excluding carboxylic acids is 2. The molecule has 1 fully saturated rings. The molecule has 0 aliphatic carbocycles. The number of carbonyl (C=O) groups is 2. The summed E-state index contributed by atoms with van der Waals surface area (Å²) >= 11 is 1.62. The number of aromatic nitrogens is 1. The van der Waals surface area contributed by atoms with Gasteiger partial charge in [-0.3, -0.25) is 9.59 Å². The number of fused-ring (bicyclic) bond motifs is 1. The summed E-state index contributed by atoms with van der Waals surface area (Å²) in [6.45, 7) is 5.96. The van der Waals surface area contributed by atoms with Crippen molar-refractivity contribution in [2.24, 2.45) is 0 Å². The second-order valence-corrected chi connectivity index (χ2v) is 9.57. The quantitative estimate of drug-likeness (QED) is 0.652. The van der Waals surface area contributed by atoms with E-state index in [-0.39, 0.29) is 11.8 Å². The molecule has 0 saturated carbocycles. The first kappa shape index (κ1) is 20.3. The van der Waals surface area contributed by atoms with Gasteiger partial charge in [0.15, 0.2) is 0 Å². The summed E-state index contributed by atoms with van der Waals surface area (Å²) in [6, 6.07) is 15.0. The third-order valence-corrected chi connectivity index (χ3v) is 6.80. The van der Waals surface area contributed by atoms with E-state index in [9.17, 15) is 9.59 Å². The van der Waals surface area contributed by atoms with E-state index in [1.165, 1.54) is 0 Å². The van der Waals surface area contributed by atoms with Crippen molar-refractivity contribution < 1.29 is 9.59 Å². The van der Waals surface area contributed by atoms with Crippen molar-refractivity contribution in [2.75, 3.05) is 5.75 Å². The molecule has 1 atom stereocenters. The van der Waals surface area contributed by atoms with E-state index in [4.69, 9.17) is 0 Å². The van der Waals surface area contributed by atoms with Crippen LogP contribution in [0.5, 0.6) is 0 Å². The van der Waals surface area contributed by atoms with Gasteiger partial charge in [-0.25, -0.2) is 0 Å². The van der Waals surface area contributed by atoms with Crippen LogP contribution in [-0.2, 0) is 4.79 Å². The van der Waals surface area contributed by atoms with E-state index < -0.39 is 10.9 Å². The minimum absolute atomic E-state index is 0.120. The number of amides is 2. The van der Waals surface area contributed by atoms with Crippen molar-refractivity contribution in [1.82, 2.24) is 15.2 Å². The molecular formula is C24H25N3O2S. The predicted octanol–water partition coefficient (Wildman–Crippen LogP) is 4.56. The first-order valence-electron chi connectivity index (χ1n) is 9.94. The van der Waals surface area contributed by atoms with E-state index in [2.05, 4.69) is 10.3 Å². The molecule has 154 valence electrons. The number of H-pyrrole nitrogens is 1. The van der Waals surface area contributed by atoms with Crippen LogP contribution in [0, 0.1) is 6.92 Å². The fraction of sp³-hybridized carbons (Fsp3) is 0.250. The molecule has 0 radical (unpaired) electrons. The summed E-state index contributed by atoms with van der Waals surface area (Å²) < 4.78 is 0. The standard InChI is InChI=1S/C24H25N3O2S/c1-16-8-10-17(11-9-16)23(29)27-21(15-30-24(27,2)3)22(28)25-13-12-18-14-26-20-7-5-4-6-19(18)20/h4-14,21,26H,15H2,1-3H3,(H,25,28). The van der Waals surface area contributed by atoms with Gasteiger partial charge in [-0.1, -0.05) is 35.9 Å². The van der Waals surface area contributed by atoms with E-state index in [1.807, 2.05) is 81.6 Å². The number of nitrogens with one attached hydrogen (secondary N) is 2. The van der Waals surface area contributed by atoms with Crippen molar-refractivity contribution in [3.63, 3.8) is 0 Å². The van der Waals surface area contributed by atoms with Crippen LogP contribution in [0.2, 0.25) is 0 Å². The van der Waals surface area contributed by atoms with E-state index in [0.29, 0.717) is 11.3 Å². The van der Waals surface area contributed by atoms with Gasteiger partial charge in [-0.2, -0.15) is 0 Å². The lowest BCUT2D eigenvalue weighted by molar-refractivity contribution is -0.124. The number of para-hydroxylation sites is 1. The van der Waals surface area contributed by atoms with Gasteiger partial charge in [0.2, 0.25) is 5.91 Å². The highest BCUT2D eigenvalue weighted by molar-refractivity contribution is 8.00. The second-order valence-electron chi connectivity index (χ2n) is 7.95. The molecule has 1 aliphatic heterocycles. The largest absolute Gasteiger partial charge is 0.361 e. The maximum Gasteiger partial charge on any atom is 0.255 e. The summed E-state index contributed by atoms with van der Waals surface area (Å²) in [5.41, 5.74) is 3.74. The molecule has 0 bridgehead atoms. The Bertz CT molecular complexity index is 1110. The van der Waals surface area contributed by atoms with Crippen LogP contribution in [0.1, 0.15) is 35.3 Å². The van der Waals surface area contributed by atoms with Gasteiger partial charge in [0.25, 0.3) is 5.91 Å². The lowest BCUT2D eigenvalue weighted by Gasteiger charge is -2.34. The Kier molecular flexibility index (Phi) is 5.43. The highest BCUT2D eigenvalue weighted by Crippen LogP contribution is 2.40. The Morgan fingerprint density at radius 2 is 1.90 bits per heavy atom. The predicted molar refractivity (Wildman–Crippen MR) is 123 cm³/mol. The van der Waals surface area contributed by atoms with Gasteiger partial charge in [-0.15, -0.1) is 11.8 Å². The zero-order chi connectivity index (χ0) is 21.3. The molecule has 4 rings (SSSR count). The monoisotopic (exact) mass is 419 g/mol. The molecule has 2 aromatic carbocycles. The molecule has 1 aliphatic rings. The summed E-state index contributed by atoms with van der Waals surface area (Å²) in [6.07, 6.45) is 5.44. The molecule has 1 saturated heterocycles. The van der Waals surface area contributed by atoms with Crippen molar-refractivity contribution in [2.45, 2.75) is 31.7 Å². The van der Waals surface area contributed by atoms with Crippen LogP contribution in [0.3, 0.4) is 0 Å². The lowest BCUT2D eigenvalue weighted by Crippen LogP contribution is -2.52. The number of thioether (sulfide) groups is 1. The third kappa shape index (κ3) is 3.87. The average Bonchev–Trinajstić information content (AvgIpc) is 3.28. The first-order valence-corrected chi connectivity index (χ1v) is 10.9.